The van der Waals surface area contributed by atoms with Gasteiger partial charge in [-0.2, -0.15) is 0 Å². The van der Waals surface area contributed by atoms with Gasteiger partial charge in [0.15, 0.2) is 0 Å². The Labute approximate surface area is 76.9 Å². The Morgan fingerprint density at radius 1 is 1.50 bits per heavy atom. The molecule has 2 N–H and O–H groups in total. The summed E-state index contributed by atoms with van der Waals surface area (Å²) < 4.78 is 2.17. The smallest absolute Gasteiger partial charge is 0.0445 e. The van der Waals surface area contributed by atoms with Gasteiger partial charge in [-0.3, -0.25) is 0 Å². The number of hydrogen-bond donors (Lipinski definition) is 1. The molecule has 1 aliphatic heterocycles. The molecule has 1 aliphatic rings. The number of benzene rings is 1. The first-order valence-corrected chi connectivity index (χ1v) is 4.78. The van der Waals surface area contributed by atoms with E-state index in [1.54, 1.807) is 11.9 Å². The Balaban J connectivity index is 2.40. The second-order valence-electron chi connectivity index (χ2n) is 3.05. The van der Waals surface area contributed by atoms with E-state index in [4.69, 9.17) is 5.73 Å². The molecule has 0 amide bonds. The summed E-state index contributed by atoms with van der Waals surface area (Å²) in [6.07, 6.45) is 0. The SMILES string of the molecule is CN1CC(N)c2ccccc2S1. The Morgan fingerprint density at radius 2 is 2.25 bits per heavy atom. The molecule has 2 nitrogen and oxygen atoms in total. The Bertz CT molecular complexity index is 288. The van der Waals surface area contributed by atoms with Gasteiger partial charge in [0.2, 0.25) is 0 Å². The van der Waals surface area contributed by atoms with E-state index in [1.807, 2.05) is 6.07 Å². The highest BCUT2D eigenvalue weighted by Gasteiger charge is 2.19. The molecular weight excluding hydrogens is 168 g/mol. The van der Waals surface area contributed by atoms with Gasteiger partial charge in [-0.25, -0.2) is 4.31 Å². The van der Waals surface area contributed by atoms with E-state index in [-0.39, 0.29) is 6.04 Å². The van der Waals surface area contributed by atoms with E-state index in [0.29, 0.717) is 0 Å². The van der Waals surface area contributed by atoms with Crippen LogP contribution in [-0.2, 0) is 0 Å². The highest BCUT2D eigenvalue weighted by molar-refractivity contribution is 7.97. The van der Waals surface area contributed by atoms with Crippen LogP contribution < -0.4 is 5.73 Å². The monoisotopic (exact) mass is 180 g/mol. The molecule has 0 aliphatic carbocycles. The minimum Gasteiger partial charge on any atom is -0.323 e. The van der Waals surface area contributed by atoms with Crippen molar-refractivity contribution in [3.63, 3.8) is 0 Å². The topological polar surface area (TPSA) is 29.3 Å². The fraction of sp³-hybridized carbons (Fsp3) is 0.333. The van der Waals surface area contributed by atoms with Crippen molar-refractivity contribution in [2.24, 2.45) is 5.73 Å². The van der Waals surface area contributed by atoms with Crippen LogP contribution in [0.4, 0.5) is 0 Å². The molecule has 64 valence electrons. The van der Waals surface area contributed by atoms with Crippen LogP contribution in [-0.4, -0.2) is 17.9 Å². The molecule has 1 atom stereocenters. The highest BCUT2D eigenvalue weighted by atomic mass is 32.2. The molecule has 1 unspecified atom stereocenters. The summed E-state index contributed by atoms with van der Waals surface area (Å²) in [7, 11) is 2.07. The van der Waals surface area contributed by atoms with Crippen LogP contribution in [0.5, 0.6) is 0 Å². The van der Waals surface area contributed by atoms with E-state index in [0.717, 1.165) is 6.54 Å². The fourth-order valence-corrected chi connectivity index (χ4v) is 2.49. The van der Waals surface area contributed by atoms with Gasteiger partial charge < -0.3 is 5.73 Å². The number of rotatable bonds is 0. The quantitative estimate of drug-likeness (QED) is 0.615. The van der Waals surface area contributed by atoms with Crippen LogP contribution in [0, 0.1) is 0 Å². The van der Waals surface area contributed by atoms with Crippen LogP contribution in [0.25, 0.3) is 0 Å². The van der Waals surface area contributed by atoms with E-state index in [2.05, 4.69) is 29.6 Å². The summed E-state index contributed by atoms with van der Waals surface area (Å²) in [5.41, 5.74) is 7.26. The molecule has 0 saturated heterocycles. The normalized spacial score (nSPS) is 23.7. The molecule has 0 spiro atoms. The molecular formula is C9H12N2S. The van der Waals surface area contributed by atoms with E-state index >= 15 is 0 Å². The lowest BCUT2D eigenvalue weighted by atomic mass is 10.1. The van der Waals surface area contributed by atoms with Crippen molar-refractivity contribution in [3.8, 4) is 0 Å². The van der Waals surface area contributed by atoms with Crippen molar-refractivity contribution in [2.75, 3.05) is 13.6 Å². The maximum Gasteiger partial charge on any atom is 0.0445 e. The lowest BCUT2D eigenvalue weighted by molar-refractivity contribution is 0.484. The third-order valence-electron chi connectivity index (χ3n) is 2.03. The average molecular weight is 180 g/mol. The number of nitrogens with two attached hydrogens (primary N) is 1. The lowest BCUT2D eigenvalue weighted by Crippen LogP contribution is -2.28. The molecule has 3 heteroatoms. The summed E-state index contributed by atoms with van der Waals surface area (Å²) in [4.78, 5) is 1.29. The minimum absolute atomic E-state index is 0.174. The first kappa shape index (κ1) is 8.10. The van der Waals surface area contributed by atoms with Gasteiger partial charge in [-0.05, 0) is 30.6 Å². The number of hydrogen-bond acceptors (Lipinski definition) is 3. The summed E-state index contributed by atoms with van der Waals surface area (Å²) >= 11 is 1.77. The van der Waals surface area contributed by atoms with Crippen molar-refractivity contribution in [1.82, 2.24) is 4.31 Å². The zero-order valence-corrected chi connectivity index (χ0v) is 7.84. The Kier molecular flexibility index (Phi) is 2.09. The second-order valence-corrected chi connectivity index (χ2v) is 4.29. The molecule has 0 saturated carbocycles. The maximum atomic E-state index is 5.98. The number of nitrogens with zero attached hydrogens (tertiary/aromatic N) is 1. The summed E-state index contributed by atoms with van der Waals surface area (Å²) in [5, 5.41) is 0. The van der Waals surface area contributed by atoms with Crippen LogP contribution in [0.15, 0.2) is 29.2 Å². The summed E-state index contributed by atoms with van der Waals surface area (Å²) in [6.45, 7) is 0.932. The third kappa shape index (κ3) is 1.35. The van der Waals surface area contributed by atoms with E-state index < -0.39 is 0 Å². The van der Waals surface area contributed by atoms with Crippen molar-refractivity contribution < 1.29 is 0 Å². The van der Waals surface area contributed by atoms with Gasteiger partial charge >= 0.3 is 0 Å². The summed E-state index contributed by atoms with van der Waals surface area (Å²) in [6, 6.07) is 8.50. The van der Waals surface area contributed by atoms with Crippen molar-refractivity contribution in [1.29, 1.82) is 0 Å². The largest absolute Gasteiger partial charge is 0.323 e. The van der Waals surface area contributed by atoms with Crippen LogP contribution >= 0.6 is 11.9 Å². The molecule has 0 radical (unpaired) electrons. The van der Waals surface area contributed by atoms with Crippen molar-refractivity contribution in [2.45, 2.75) is 10.9 Å². The van der Waals surface area contributed by atoms with Crippen LogP contribution in [0.3, 0.4) is 0 Å². The summed E-state index contributed by atoms with van der Waals surface area (Å²) in [5.74, 6) is 0. The van der Waals surface area contributed by atoms with Gasteiger partial charge in [-0.15, -0.1) is 0 Å². The number of likely N-dealkylation sites (N-methyl/N-ethyl adjacent to an activating group) is 1. The zero-order chi connectivity index (χ0) is 8.55. The van der Waals surface area contributed by atoms with Gasteiger partial charge in [0.25, 0.3) is 0 Å². The number of fused-ring (bicyclic) bond motifs is 1. The standard InChI is InChI=1S/C9H12N2S/c1-11-6-8(10)7-4-2-3-5-9(7)12-11/h2-5,8H,6,10H2,1H3. The second kappa shape index (κ2) is 3.09. The molecule has 0 aromatic heterocycles. The maximum absolute atomic E-state index is 5.98. The first-order chi connectivity index (χ1) is 5.77. The van der Waals surface area contributed by atoms with Crippen molar-refractivity contribution in [3.05, 3.63) is 29.8 Å². The van der Waals surface area contributed by atoms with Crippen LogP contribution in [0.2, 0.25) is 0 Å². The zero-order valence-electron chi connectivity index (χ0n) is 7.03. The average Bonchev–Trinajstić information content (AvgIpc) is 2.04. The van der Waals surface area contributed by atoms with E-state index in [1.165, 1.54) is 10.5 Å². The lowest BCUT2D eigenvalue weighted by Gasteiger charge is -2.28. The first-order valence-electron chi connectivity index (χ1n) is 4.01. The van der Waals surface area contributed by atoms with Gasteiger partial charge in [0.05, 0.1) is 0 Å². The molecule has 12 heavy (non-hydrogen) atoms. The molecule has 1 aromatic carbocycles. The molecule has 0 fully saturated rings. The van der Waals surface area contributed by atoms with Crippen molar-refractivity contribution >= 4 is 11.9 Å². The van der Waals surface area contributed by atoms with Gasteiger partial charge in [0.1, 0.15) is 0 Å². The van der Waals surface area contributed by atoms with E-state index in [9.17, 15) is 0 Å². The molecule has 1 heterocycles. The van der Waals surface area contributed by atoms with Crippen LogP contribution in [0.1, 0.15) is 11.6 Å². The Morgan fingerprint density at radius 3 is 3.08 bits per heavy atom. The van der Waals surface area contributed by atoms with Gasteiger partial charge in [0, 0.05) is 17.5 Å². The molecule has 0 bridgehead atoms. The third-order valence-corrected chi connectivity index (χ3v) is 3.06. The Hall–Kier alpha value is -0.510. The van der Waals surface area contributed by atoms with Gasteiger partial charge in [-0.1, -0.05) is 18.2 Å². The molecule has 1 aromatic rings. The minimum atomic E-state index is 0.174. The highest BCUT2D eigenvalue weighted by Crippen LogP contribution is 2.33. The molecule has 2 rings (SSSR count). The fourth-order valence-electron chi connectivity index (χ4n) is 1.45. The predicted molar refractivity (Wildman–Crippen MR) is 51.9 cm³/mol. The predicted octanol–water partition coefficient (Wildman–Crippen LogP) is 1.64.